The van der Waals surface area contributed by atoms with Crippen molar-refractivity contribution in [3.8, 4) is 0 Å². The van der Waals surface area contributed by atoms with E-state index >= 15 is 0 Å². The highest BCUT2D eigenvalue weighted by Gasteiger charge is 2.26. The summed E-state index contributed by atoms with van der Waals surface area (Å²) in [6.07, 6.45) is 4.67. The van der Waals surface area contributed by atoms with Gasteiger partial charge >= 0.3 is 6.09 Å². The first kappa shape index (κ1) is 25.6. The Morgan fingerprint density at radius 3 is 2.47 bits per heavy atom. The summed E-state index contributed by atoms with van der Waals surface area (Å²) >= 11 is 0. The van der Waals surface area contributed by atoms with Crippen LogP contribution >= 0.6 is 0 Å². The van der Waals surface area contributed by atoms with Crippen LogP contribution in [0.5, 0.6) is 0 Å². The number of ketones is 1. The third kappa shape index (κ3) is 8.09. The van der Waals surface area contributed by atoms with E-state index in [9.17, 15) is 9.59 Å². The van der Waals surface area contributed by atoms with Crippen LogP contribution in [0.4, 0.5) is 16.3 Å². The Kier molecular flexibility index (Phi) is 8.98. The van der Waals surface area contributed by atoms with E-state index in [0.717, 1.165) is 55.8 Å². The Labute approximate surface area is 202 Å². The number of carbonyl (C=O) groups is 2. The van der Waals surface area contributed by atoms with Gasteiger partial charge in [-0.1, -0.05) is 6.92 Å². The molecule has 1 aromatic carbocycles. The quantitative estimate of drug-likeness (QED) is 0.504. The van der Waals surface area contributed by atoms with Crippen molar-refractivity contribution in [2.24, 2.45) is 5.92 Å². The SMILES string of the molecule is CCCC(=O)c1ccc(Nc2cc(CNCC3CCN(C(=O)OC(C)(C)C)CC3)ncn2)cc1. The van der Waals surface area contributed by atoms with Gasteiger partial charge in [-0.05, 0) is 76.8 Å². The third-order valence-electron chi connectivity index (χ3n) is 5.69. The maximum absolute atomic E-state index is 12.2. The molecule has 34 heavy (non-hydrogen) atoms. The summed E-state index contributed by atoms with van der Waals surface area (Å²) in [4.78, 5) is 34.7. The van der Waals surface area contributed by atoms with Gasteiger partial charge < -0.3 is 20.3 Å². The molecule has 2 N–H and O–H groups in total. The van der Waals surface area contributed by atoms with E-state index in [2.05, 4.69) is 20.6 Å². The number of ether oxygens (including phenoxy) is 1. The van der Waals surface area contributed by atoms with Gasteiger partial charge in [0.25, 0.3) is 0 Å². The molecule has 8 heteroatoms. The number of aromatic nitrogens is 2. The van der Waals surface area contributed by atoms with Gasteiger partial charge in [-0.2, -0.15) is 0 Å². The van der Waals surface area contributed by atoms with Gasteiger partial charge in [0.05, 0.1) is 5.69 Å². The lowest BCUT2D eigenvalue weighted by Gasteiger charge is -2.33. The molecule has 3 rings (SSSR count). The van der Waals surface area contributed by atoms with Crippen molar-refractivity contribution in [3.05, 3.63) is 47.9 Å². The molecule has 1 fully saturated rings. The van der Waals surface area contributed by atoms with Crippen molar-refractivity contribution in [1.82, 2.24) is 20.2 Å². The maximum Gasteiger partial charge on any atom is 0.410 e. The summed E-state index contributed by atoms with van der Waals surface area (Å²) in [5.74, 6) is 1.40. The summed E-state index contributed by atoms with van der Waals surface area (Å²) in [6.45, 7) is 10.7. The minimum absolute atomic E-state index is 0.167. The highest BCUT2D eigenvalue weighted by Crippen LogP contribution is 2.20. The van der Waals surface area contributed by atoms with E-state index in [1.165, 1.54) is 0 Å². The second-order valence-electron chi connectivity index (χ2n) is 9.81. The number of carbonyl (C=O) groups excluding carboxylic acids is 2. The summed E-state index contributed by atoms with van der Waals surface area (Å²) in [5, 5.41) is 6.76. The van der Waals surface area contributed by atoms with Crippen LogP contribution in [-0.4, -0.2) is 52.0 Å². The minimum Gasteiger partial charge on any atom is -0.444 e. The van der Waals surface area contributed by atoms with Crippen LogP contribution < -0.4 is 10.6 Å². The van der Waals surface area contributed by atoms with E-state index in [1.807, 2.05) is 58.0 Å². The van der Waals surface area contributed by atoms with Gasteiger partial charge in [0, 0.05) is 43.4 Å². The van der Waals surface area contributed by atoms with Crippen molar-refractivity contribution < 1.29 is 14.3 Å². The molecule has 1 saturated heterocycles. The van der Waals surface area contributed by atoms with E-state index in [1.54, 1.807) is 11.2 Å². The number of likely N-dealkylation sites (tertiary alicyclic amines) is 1. The number of benzene rings is 1. The van der Waals surface area contributed by atoms with Crippen molar-refractivity contribution in [3.63, 3.8) is 0 Å². The number of nitrogens with one attached hydrogen (secondary N) is 2. The number of Topliss-reactive ketones (excluding diaryl/α,β-unsaturated/α-hetero) is 1. The Bertz CT molecular complexity index is 948. The Hall–Kier alpha value is -3.00. The molecule has 1 aliphatic rings. The zero-order chi connectivity index (χ0) is 24.6. The van der Waals surface area contributed by atoms with Gasteiger partial charge in [-0.15, -0.1) is 0 Å². The summed E-state index contributed by atoms with van der Waals surface area (Å²) in [7, 11) is 0. The predicted octanol–water partition coefficient (Wildman–Crippen LogP) is 4.94. The van der Waals surface area contributed by atoms with Gasteiger partial charge in [0.15, 0.2) is 5.78 Å². The number of rotatable bonds is 9. The summed E-state index contributed by atoms with van der Waals surface area (Å²) in [5.41, 5.74) is 2.05. The molecule has 1 aliphatic heterocycles. The second-order valence-corrected chi connectivity index (χ2v) is 9.81. The molecule has 1 amide bonds. The molecule has 2 heterocycles. The van der Waals surface area contributed by atoms with E-state index < -0.39 is 5.60 Å². The molecule has 0 atom stereocenters. The first-order valence-corrected chi connectivity index (χ1v) is 12.1. The molecule has 2 aromatic rings. The van der Waals surface area contributed by atoms with Crippen LogP contribution in [0.25, 0.3) is 0 Å². The summed E-state index contributed by atoms with van der Waals surface area (Å²) < 4.78 is 5.47. The Balaban J connectivity index is 1.42. The second kappa shape index (κ2) is 11.9. The smallest absolute Gasteiger partial charge is 0.410 e. The van der Waals surface area contributed by atoms with E-state index in [0.29, 0.717) is 24.7 Å². The van der Waals surface area contributed by atoms with Gasteiger partial charge in [0.2, 0.25) is 0 Å². The predicted molar refractivity (Wildman–Crippen MR) is 133 cm³/mol. The highest BCUT2D eigenvalue weighted by atomic mass is 16.6. The summed E-state index contributed by atoms with van der Waals surface area (Å²) in [6, 6.07) is 9.41. The minimum atomic E-state index is -0.460. The number of nitrogens with zero attached hydrogens (tertiary/aromatic N) is 3. The van der Waals surface area contributed by atoms with Crippen LogP contribution in [0.2, 0.25) is 0 Å². The largest absolute Gasteiger partial charge is 0.444 e. The molecular weight excluding hydrogens is 430 g/mol. The fourth-order valence-corrected chi connectivity index (χ4v) is 3.87. The lowest BCUT2D eigenvalue weighted by atomic mass is 9.97. The number of piperidine rings is 1. The van der Waals surface area contributed by atoms with Gasteiger partial charge in [-0.3, -0.25) is 4.79 Å². The Morgan fingerprint density at radius 2 is 1.82 bits per heavy atom. The number of anilines is 2. The molecule has 0 radical (unpaired) electrons. The standard InChI is InChI=1S/C26H37N5O3/c1-5-6-23(32)20-7-9-21(10-8-20)30-24-15-22(28-18-29-24)17-27-16-19-11-13-31(14-12-19)25(33)34-26(2,3)4/h7-10,15,18-19,27H,5-6,11-14,16-17H2,1-4H3,(H,28,29,30). The molecule has 1 aromatic heterocycles. The lowest BCUT2D eigenvalue weighted by Crippen LogP contribution is -2.43. The fourth-order valence-electron chi connectivity index (χ4n) is 3.87. The molecule has 184 valence electrons. The zero-order valence-corrected chi connectivity index (χ0v) is 20.8. The topological polar surface area (TPSA) is 96.5 Å². The monoisotopic (exact) mass is 467 g/mol. The molecule has 0 spiro atoms. The van der Waals surface area contributed by atoms with Crippen molar-refractivity contribution in [2.75, 3.05) is 25.0 Å². The first-order valence-electron chi connectivity index (χ1n) is 12.1. The van der Waals surface area contributed by atoms with Crippen LogP contribution in [0, 0.1) is 5.92 Å². The molecule has 0 unspecified atom stereocenters. The van der Waals surface area contributed by atoms with Crippen molar-refractivity contribution in [2.45, 2.75) is 65.5 Å². The highest BCUT2D eigenvalue weighted by molar-refractivity contribution is 5.96. The number of amides is 1. The van der Waals surface area contributed by atoms with Crippen molar-refractivity contribution >= 4 is 23.4 Å². The lowest BCUT2D eigenvalue weighted by molar-refractivity contribution is 0.0184. The molecular formula is C26H37N5O3. The van der Waals surface area contributed by atoms with Crippen LogP contribution in [0.15, 0.2) is 36.7 Å². The molecule has 0 aliphatic carbocycles. The molecule has 0 saturated carbocycles. The first-order chi connectivity index (χ1) is 16.2. The fraction of sp³-hybridized carbons (Fsp3) is 0.538. The number of hydrogen-bond donors (Lipinski definition) is 2. The zero-order valence-electron chi connectivity index (χ0n) is 20.8. The van der Waals surface area contributed by atoms with Crippen LogP contribution in [0.1, 0.15) is 69.4 Å². The van der Waals surface area contributed by atoms with Crippen molar-refractivity contribution in [1.29, 1.82) is 0 Å². The maximum atomic E-state index is 12.2. The molecule has 8 nitrogen and oxygen atoms in total. The normalized spacial score (nSPS) is 14.6. The average Bonchev–Trinajstić information content (AvgIpc) is 2.79. The van der Waals surface area contributed by atoms with Gasteiger partial charge in [0.1, 0.15) is 17.7 Å². The average molecular weight is 468 g/mol. The van der Waals surface area contributed by atoms with Crippen LogP contribution in [0.3, 0.4) is 0 Å². The van der Waals surface area contributed by atoms with E-state index in [4.69, 9.17) is 4.74 Å². The van der Waals surface area contributed by atoms with E-state index in [-0.39, 0.29) is 11.9 Å². The molecule has 0 bridgehead atoms. The Morgan fingerprint density at radius 1 is 1.12 bits per heavy atom. The van der Waals surface area contributed by atoms with Gasteiger partial charge in [-0.25, -0.2) is 14.8 Å². The van der Waals surface area contributed by atoms with Crippen LogP contribution in [-0.2, 0) is 11.3 Å². The number of hydrogen-bond acceptors (Lipinski definition) is 7. The third-order valence-corrected chi connectivity index (χ3v) is 5.69.